The number of hydrogen-bond acceptors (Lipinski definition) is 5. The Morgan fingerprint density at radius 2 is 2.06 bits per heavy atom. The number of carbonyl (C=O) groups is 1. The van der Waals surface area contributed by atoms with Crippen LogP contribution in [0.15, 0.2) is 4.99 Å². The molecule has 1 unspecified atom stereocenters. The van der Waals surface area contributed by atoms with Crippen LogP contribution in [0.5, 0.6) is 0 Å². The Balaban J connectivity index is 0.000000419. The first-order valence-electron chi connectivity index (χ1n) is 4.85. The minimum absolute atomic E-state index is 0.368. The second-order valence-electron chi connectivity index (χ2n) is 4.39. The highest BCUT2D eigenvalue weighted by atomic mass is 31.2. The van der Waals surface area contributed by atoms with Gasteiger partial charge in [0.1, 0.15) is 5.97 Å². The molecular formula is C8H18N3O5P. The Kier molecular flexibility index (Phi) is 5.77. The van der Waals surface area contributed by atoms with E-state index < -0.39 is 19.3 Å². The zero-order valence-electron chi connectivity index (χ0n) is 10.0. The van der Waals surface area contributed by atoms with Gasteiger partial charge in [-0.05, 0) is 0 Å². The smallest absolute Gasteiger partial charge is 0.388 e. The molecule has 1 rings (SSSR count). The first-order chi connectivity index (χ1) is 7.57. The molecule has 8 nitrogen and oxygen atoms in total. The minimum atomic E-state index is -4.64. The highest BCUT2D eigenvalue weighted by Gasteiger charge is 2.41. The van der Waals surface area contributed by atoms with Gasteiger partial charge in [-0.2, -0.15) is 0 Å². The molecule has 0 spiro atoms. The second-order valence-corrected chi connectivity index (χ2v) is 6.05. The predicted molar refractivity (Wildman–Crippen MR) is 60.2 cm³/mol. The maximum Gasteiger partial charge on any atom is 0.388 e. The largest absolute Gasteiger partial charge is 0.543 e. The van der Waals surface area contributed by atoms with E-state index in [1.54, 1.807) is 6.34 Å². The van der Waals surface area contributed by atoms with Crippen LogP contribution in [0, 0.1) is 0 Å². The molecule has 17 heavy (non-hydrogen) atoms. The summed E-state index contributed by atoms with van der Waals surface area (Å²) in [7, 11) is -0.520. The summed E-state index contributed by atoms with van der Waals surface area (Å²) in [5.74, 6) is -3.55. The number of carboxylic acid groups (broad SMARTS) is 1. The van der Waals surface area contributed by atoms with Gasteiger partial charge in [-0.15, -0.1) is 0 Å². The lowest BCUT2D eigenvalue weighted by Gasteiger charge is -2.34. The molecule has 1 atom stereocenters. The summed E-state index contributed by atoms with van der Waals surface area (Å²) in [4.78, 5) is 31.5. The zero-order valence-corrected chi connectivity index (χ0v) is 10.9. The van der Waals surface area contributed by atoms with E-state index in [0.717, 1.165) is 13.1 Å². The number of aliphatic carboxylic acids is 1. The molecule has 0 aromatic rings. The lowest BCUT2D eigenvalue weighted by atomic mass is 10.5. The molecule has 0 amide bonds. The highest BCUT2D eigenvalue weighted by molar-refractivity contribution is 7.53. The van der Waals surface area contributed by atoms with Crippen molar-refractivity contribution in [3.63, 3.8) is 0 Å². The molecule has 0 aliphatic carbocycles. The summed E-state index contributed by atoms with van der Waals surface area (Å²) < 4.78 is 10.3. The van der Waals surface area contributed by atoms with E-state index in [2.05, 4.69) is 10.3 Å². The molecule has 1 heterocycles. The van der Waals surface area contributed by atoms with Crippen LogP contribution in [0.3, 0.4) is 0 Å². The standard InChI is InChI=1S/C5H12NO5P.C3H6N2/c1-6(2,3)4(5(7)8)12(9,10)11;1-2-5-3-4-1/h4H,1-3H3,(H2-,7,8,9,10,11);3H,1-2H2,(H,4,5). The maximum absolute atomic E-state index is 10.7. The van der Waals surface area contributed by atoms with Crippen LogP contribution in [-0.2, 0) is 9.36 Å². The van der Waals surface area contributed by atoms with Crippen LogP contribution in [0.1, 0.15) is 0 Å². The molecule has 9 heteroatoms. The molecule has 3 N–H and O–H groups in total. The lowest BCUT2D eigenvalue weighted by Crippen LogP contribution is -2.54. The number of likely N-dealkylation sites (N-methyl/N-ethyl adjacent to an activating group) is 1. The third kappa shape index (κ3) is 6.38. The second kappa shape index (κ2) is 6.11. The fourth-order valence-corrected chi connectivity index (χ4v) is 2.40. The van der Waals surface area contributed by atoms with Crippen molar-refractivity contribution in [2.45, 2.75) is 5.78 Å². The fraction of sp³-hybridized carbons (Fsp3) is 0.750. The molecule has 0 aromatic carbocycles. The number of carboxylic acids is 1. The van der Waals surface area contributed by atoms with Gasteiger partial charge in [-0.1, -0.05) is 0 Å². The van der Waals surface area contributed by atoms with Gasteiger partial charge in [0.25, 0.3) is 0 Å². The number of carbonyl (C=O) groups excluding carboxylic acids is 1. The van der Waals surface area contributed by atoms with Crippen molar-refractivity contribution in [1.82, 2.24) is 5.32 Å². The molecule has 1 aliphatic heterocycles. The Morgan fingerprint density at radius 3 is 2.12 bits per heavy atom. The molecule has 100 valence electrons. The highest BCUT2D eigenvalue weighted by Crippen LogP contribution is 2.43. The molecule has 0 aromatic heterocycles. The van der Waals surface area contributed by atoms with Crippen molar-refractivity contribution < 1.29 is 28.7 Å². The average molecular weight is 267 g/mol. The molecule has 0 bridgehead atoms. The SMILES string of the molecule is C1=NCCN1.C[N+](C)(C)C(C(=O)[O-])P(=O)(O)O. The van der Waals surface area contributed by atoms with Crippen LogP contribution < -0.4 is 10.4 Å². The molecule has 0 fully saturated rings. The van der Waals surface area contributed by atoms with Crippen molar-refractivity contribution >= 4 is 19.9 Å². The molecule has 0 saturated heterocycles. The molecular weight excluding hydrogens is 249 g/mol. The van der Waals surface area contributed by atoms with E-state index in [1.807, 2.05) is 0 Å². The van der Waals surface area contributed by atoms with Crippen molar-refractivity contribution in [2.24, 2.45) is 4.99 Å². The average Bonchev–Trinajstić information content (AvgIpc) is 2.50. The number of nitrogens with zero attached hydrogens (tertiary/aromatic N) is 2. The summed E-state index contributed by atoms with van der Waals surface area (Å²) in [5, 5.41) is 13.3. The molecule has 0 saturated carbocycles. The Labute approximate surface area is 99.7 Å². The number of hydrogen-bond donors (Lipinski definition) is 3. The monoisotopic (exact) mass is 267 g/mol. The first kappa shape index (κ1) is 16.1. The summed E-state index contributed by atoms with van der Waals surface area (Å²) in [6.07, 6.45) is 1.74. The first-order valence-corrected chi connectivity index (χ1v) is 6.54. The summed E-state index contributed by atoms with van der Waals surface area (Å²) in [6, 6.07) is 0. The maximum atomic E-state index is 10.7. The van der Waals surface area contributed by atoms with Crippen molar-refractivity contribution in [1.29, 1.82) is 0 Å². The van der Waals surface area contributed by atoms with Crippen LogP contribution in [0.25, 0.3) is 0 Å². The minimum Gasteiger partial charge on any atom is -0.543 e. The number of aliphatic imine (C=N–C) groups is 1. The van der Waals surface area contributed by atoms with Gasteiger partial charge in [-0.25, -0.2) is 0 Å². The van der Waals surface area contributed by atoms with Crippen molar-refractivity contribution in [3.05, 3.63) is 0 Å². The Morgan fingerprint density at radius 1 is 1.53 bits per heavy atom. The quantitative estimate of drug-likeness (QED) is 0.386. The molecule has 1 aliphatic rings. The summed E-state index contributed by atoms with van der Waals surface area (Å²) in [6.45, 7) is 1.99. The van der Waals surface area contributed by atoms with E-state index in [4.69, 9.17) is 9.79 Å². The fourth-order valence-electron chi connectivity index (χ4n) is 1.23. The van der Waals surface area contributed by atoms with Crippen LogP contribution in [-0.4, -0.2) is 66.6 Å². The summed E-state index contributed by atoms with van der Waals surface area (Å²) >= 11 is 0. The summed E-state index contributed by atoms with van der Waals surface area (Å²) in [5.41, 5.74) is 0. The van der Waals surface area contributed by atoms with Gasteiger partial charge in [0.05, 0.1) is 34.0 Å². The van der Waals surface area contributed by atoms with E-state index in [9.17, 15) is 14.5 Å². The normalized spacial score (nSPS) is 16.8. The van der Waals surface area contributed by atoms with Crippen molar-refractivity contribution in [3.8, 4) is 0 Å². The van der Waals surface area contributed by atoms with Gasteiger partial charge in [0.15, 0.2) is 0 Å². The lowest BCUT2D eigenvalue weighted by molar-refractivity contribution is -0.877. The van der Waals surface area contributed by atoms with E-state index in [-0.39, 0.29) is 4.48 Å². The third-order valence-electron chi connectivity index (χ3n) is 1.83. The van der Waals surface area contributed by atoms with Gasteiger partial charge in [0.2, 0.25) is 5.78 Å². The Bertz CT molecular complexity index is 327. The van der Waals surface area contributed by atoms with Gasteiger partial charge in [-0.3, -0.25) is 9.56 Å². The Hall–Kier alpha value is -0.950. The number of rotatable bonds is 3. The van der Waals surface area contributed by atoms with Gasteiger partial charge >= 0.3 is 7.60 Å². The van der Waals surface area contributed by atoms with Gasteiger partial charge < -0.3 is 29.5 Å². The van der Waals surface area contributed by atoms with E-state index >= 15 is 0 Å². The van der Waals surface area contributed by atoms with E-state index in [0.29, 0.717) is 0 Å². The third-order valence-corrected chi connectivity index (χ3v) is 3.37. The predicted octanol–water partition coefficient (Wildman–Crippen LogP) is -2.44. The zero-order chi connectivity index (χ0) is 13.7. The van der Waals surface area contributed by atoms with Gasteiger partial charge in [0, 0.05) is 6.54 Å². The molecule has 0 radical (unpaired) electrons. The van der Waals surface area contributed by atoms with Crippen LogP contribution >= 0.6 is 7.60 Å². The number of quaternary nitrogens is 1. The van der Waals surface area contributed by atoms with Crippen LogP contribution in [0.4, 0.5) is 0 Å². The topological polar surface area (TPSA) is 122 Å². The number of nitrogens with one attached hydrogen (secondary N) is 1. The van der Waals surface area contributed by atoms with Crippen molar-refractivity contribution in [2.75, 3.05) is 34.2 Å². The van der Waals surface area contributed by atoms with E-state index in [1.165, 1.54) is 21.1 Å². The van der Waals surface area contributed by atoms with Crippen LogP contribution in [0.2, 0.25) is 0 Å².